The number of aliphatic hydroxyl groups excluding tert-OH is 1. The van der Waals surface area contributed by atoms with Gasteiger partial charge in [-0.2, -0.15) is 0 Å². The van der Waals surface area contributed by atoms with Gasteiger partial charge in [0.1, 0.15) is 5.82 Å². The van der Waals surface area contributed by atoms with E-state index in [0.29, 0.717) is 18.7 Å². The van der Waals surface area contributed by atoms with Crippen LogP contribution in [0.2, 0.25) is 0 Å². The van der Waals surface area contributed by atoms with Gasteiger partial charge < -0.3 is 10.4 Å². The molecule has 0 bridgehead atoms. The van der Waals surface area contributed by atoms with Gasteiger partial charge in [0, 0.05) is 18.7 Å². The van der Waals surface area contributed by atoms with Gasteiger partial charge in [-0.1, -0.05) is 18.2 Å². The first-order valence-corrected chi connectivity index (χ1v) is 7.20. The average molecular weight is 330 g/mol. The minimum Gasteiger partial charge on any atom is -0.387 e. The summed E-state index contributed by atoms with van der Waals surface area (Å²) in [6.07, 6.45) is -0.826. The molecule has 0 aliphatic rings. The molecular weight excluding hydrogens is 317 g/mol. The van der Waals surface area contributed by atoms with Crippen molar-refractivity contribution in [1.82, 2.24) is 5.32 Å². The molecule has 2 nitrogen and oxygen atoms in total. The Balaban J connectivity index is 1.85. The molecule has 0 aliphatic heterocycles. The van der Waals surface area contributed by atoms with Crippen LogP contribution in [0.1, 0.15) is 17.2 Å². The molecule has 1 aromatic heterocycles. The largest absolute Gasteiger partial charge is 0.387 e. The van der Waals surface area contributed by atoms with Crippen LogP contribution in [-0.4, -0.2) is 11.7 Å². The third kappa shape index (κ3) is 3.62. The van der Waals surface area contributed by atoms with Crippen molar-refractivity contribution in [2.45, 2.75) is 12.6 Å². The molecular formula is C13H13BrFNOS. The normalized spacial score (nSPS) is 12.6. The van der Waals surface area contributed by atoms with Gasteiger partial charge in [-0.3, -0.25) is 0 Å². The van der Waals surface area contributed by atoms with E-state index >= 15 is 0 Å². The predicted octanol–water partition coefficient (Wildman–Crippen LogP) is 3.47. The maximum absolute atomic E-state index is 13.4. The lowest BCUT2D eigenvalue weighted by Crippen LogP contribution is -2.21. The number of hydrogen-bond acceptors (Lipinski definition) is 3. The van der Waals surface area contributed by atoms with Crippen molar-refractivity contribution in [2.75, 3.05) is 6.54 Å². The number of halogens is 2. The van der Waals surface area contributed by atoms with Crippen LogP contribution in [0, 0.1) is 5.82 Å². The van der Waals surface area contributed by atoms with Crippen molar-refractivity contribution in [3.05, 3.63) is 56.4 Å². The summed E-state index contributed by atoms with van der Waals surface area (Å²) in [6.45, 7) is 0.988. The lowest BCUT2D eigenvalue weighted by Gasteiger charge is -2.12. The fourth-order valence-electron chi connectivity index (χ4n) is 1.65. The Morgan fingerprint density at radius 3 is 2.83 bits per heavy atom. The Hall–Kier alpha value is -0.750. The van der Waals surface area contributed by atoms with Gasteiger partial charge in [0.2, 0.25) is 0 Å². The molecule has 0 fully saturated rings. The first-order chi connectivity index (χ1) is 8.66. The number of aliphatic hydroxyl groups is 1. The van der Waals surface area contributed by atoms with Crippen LogP contribution in [0.25, 0.3) is 0 Å². The van der Waals surface area contributed by atoms with Gasteiger partial charge in [0.25, 0.3) is 0 Å². The van der Waals surface area contributed by atoms with Crippen LogP contribution >= 0.6 is 27.3 Å². The maximum Gasteiger partial charge on any atom is 0.129 e. The first kappa shape index (κ1) is 13.7. The summed E-state index contributed by atoms with van der Waals surface area (Å²) in [4.78, 5) is 0. The SMILES string of the molecule is OC(CNCc1csc(Br)c1)c1ccccc1F. The molecule has 1 atom stereocenters. The van der Waals surface area contributed by atoms with Gasteiger partial charge in [0.15, 0.2) is 0 Å². The number of benzene rings is 1. The highest BCUT2D eigenvalue weighted by molar-refractivity contribution is 9.11. The molecule has 0 saturated carbocycles. The van der Waals surface area contributed by atoms with Crippen molar-refractivity contribution in [3.8, 4) is 0 Å². The molecule has 2 aromatic rings. The summed E-state index contributed by atoms with van der Waals surface area (Å²) in [5.41, 5.74) is 1.48. The zero-order valence-corrected chi connectivity index (χ0v) is 12.0. The van der Waals surface area contributed by atoms with Crippen molar-refractivity contribution in [2.24, 2.45) is 0 Å². The highest BCUT2D eigenvalue weighted by Crippen LogP contribution is 2.21. The average Bonchev–Trinajstić information content (AvgIpc) is 2.75. The summed E-state index contributed by atoms with van der Waals surface area (Å²) < 4.78 is 14.5. The topological polar surface area (TPSA) is 32.3 Å². The van der Waals surface area contributed by atoms with Gasteiger partial charge in [-0.05, 0) is 39.0 Å². The summed E-state index contributed by atoms with van der Waals surface area (Å²) in [7, 11) is 0. The molecule has 1 unspecified atom stereocenters. The monoisotopic (exact) mass is 329 g/mol. The summed E-state index contributed by atoms with van der Waals surface area (Å²) in [5, 5.41) is 15.0. The zero-order valence-electron chi connectivity index (χ0n) is 9.57. The van der Waals surface area contributed by atoms with Gasteiger partial charge in [-0.15, -0.1) is 11.3 Å². The van der Waals surface area contributed by atoms with E-state index in [2.05, 4.69) is 21.2 Å². The minimum atomic E-state index is -0.826. The van der Waals surface area contributed by atoms with E-state index in [1.54, 1.807) is 29.5 Å². The minimum absolute atomic E-state index is 0.328. The Kier molecular flexibility index (Phi) is 4.88. The lowest BCUT2D eigenvalue weighted by atomic mass is 10.1. The first-order valence-electron chi connectivity index (χ1n) is 5.53. The van der Waals surface area contributed by atoms with E-state index < -0.39 is 6.10 Å². The molecule has 2 rings (SSSR count). The highest BCUT2D eigenvalue weighted by atomic mass is 79.9. The molecule has 1 aromatic carbocycles. The Labute approximate surface area is 118 Å². The second kappa shape index (κ2) is 6.43. The second-order valence-corrected chi connectivity index (χ2v) is 6.22. The summed E-state index contributed by atoms with van der Waals surface area (Å²) in [5.74, 6) is -0.370. The van der Waals surface area contributed by atoms with E-state index in [0.717, 1.165) is 9.35 Å². The standard InChI is InChI=1S/C13H13BrFNOS/c14-13-5-9(8-18-13)6-16-7-12(17)10-3-1-2-4-11(10)15/h1-5,8,12,16-17H,6-7H2. The molecule has 1 heterocycles. The Morgan fingerprint density at radius 2 is 2.17 bits per heavy atom. The Bertz CT molecular complexity index is 517. The Morgan fingerprint density at radius 1 is 1.39 bits per heavy atom. The molecule has 0 saturated heterocycles. The van der Waals surface area contributed by atoms with Crippen LogP contribution in [0.3, 0.4) is 0 Å². The van der Waals surface area contributed by atoms with Crippen molar-refractivity contribution in [1.29, 1.82) is 0 Å². The third-order valence-electron chi connectivity index (χ3n) is 2.55. The second-order valence-electron chi connectivity index (χ2n) is 3.93. The fraction of sp³-hybridized carbons (Fsp3) is 0.231. The lowest BCUT2D eigenvalue weighted by molar-refractivity contribution is 0.169. The van der Waals surface area contributed by atoms with Crippen LogP contribution in [0.15, 0.2) is 39.5 Å². The molecule has 18 heavy (non-hydrogen) atoms. The summed E-state index contributed by atoms with van der Waals surface area (Å²) >= 11 is 5.01. The van der Waals surface area contributed by atoms with E-state index in [1.807, 2.05) is 11.4 Å². The smallest absolute Gasteiger partial charge is 0.129 e. The fourth-order valence-corrected chi connectivity index (χ4v) is 2.86. The van der Waals surface area contributed by atoms with Crippen LogP contribution in [0.5, 0.6) is 0 Å². The number of hydrogen-bond donors (Lipinski definition) is 2. The van der Waals surface area contributed by atoms with E-state index in [1.165, 1.54) is 6.07 Å². The molecule has 0 aliphatic carbocycles. The van der Waals surface area contributed by atoms with Crippen molar-refractivity contribution in [3.63, 3.8) is 0 Å². The van der Waals surface area contributed by atoms with E-state index in [4.69, 9.17) is 0 Å². The van der Waals surface area contributed by atoms with Crippen LogP contribution in [-0.2, 0) is 6.54 Å². The van der Waals surface area contributed by atoms with Crippen LogP contribution in [0.4, 0.5) is 4.39 Å². The maximum atomic E-state index is 13.4. The summed E-state index contributed by atoms with van der Waals surface area (Å²) in [6, 6.07) is 8.31. The van der Waals surface area contributed by atoms with Gasteiger partial charge in [0.05, 0.1) is 9.89 Å². The quantitative estimate of drug-likeness (QED) is 0.880. The van der Waals surface area contributed by atoms with Gasteiger partial charge in [-0.25, -0.2) is 4.39 Å². The van der Waals surface area contributed by atoms with Crippen molar-refractivity contribution < 1.29 is 9.50 Å². The van der Waals surface area contributed by atoms with Crippen LogP contribution < -0.4 is 5.32 Å². The third-order valence-corrected chi connectivity index (χ3v) is 4.11. The number of thiophene rings is 1. The number of nitrogens with one attached hydrogen (secondary N) is 1. The highest BCUT2D eigenvalue weighted by Gasteiger charge is 2.11. The van der Waals surface area contributed by atoms with E-state index in [-0.39, 0.29) is 5.82 Å². The molecule has 96 valence electrons. The zero-order chi connectivity index (χ0) is 13.0. The molecule has 0 amide bonds. The van der Waals surface area contributed by atoms with E-state index in [9.17, 15) is 9.50 Å². The molecule has 5 heteroatoms. The van der Waals surface area contributed by atoms with Crippen molar-refractivity contribution >= 4 is 27.3 Å². The molecule has 0 spiro atoms. The molecule has 2 N–H and O–H groups in total. The van der Waals surface area contributed by atoms with Gasteiger partial charge >= 0.3 is 0 Å². The molecule has 0 radical (unpaired) electrons. The predicted molar refractivity (Wildman–Crippen MR) is 75.1 cm³/mol. The number of rotatable bonds is 5.